The molecule has 0 unspecified atom stereocenters. The predicted octanol–water partition coefficient (Wildman–Crippen LogP) is -10.3. The predicted molar refractivity (Wildman–Crippen MR) is 76.4 cm³/mol. The number of hydrogen-bond acceptors (Lipinski definition) is 0. The van der Waals surface area contributed by atoms with Crippen molar-refractivity contribution in [2.75, 3.05) is 0 Å². The zero-order valence-corrected chi connectivity index (χ0v) is 4.66. The van der Waals surface area contributed by atoms with Gasteiger partial charge in [0.1, 0.15) is 0 Å². The third-order valence-electron chi connectivity index (χ3n) is 0. The van der Waals surface area contributed by atoms with E-state index in [9.17, 15) is 0 Å². The smallest absolute Gasteiger partial charge is 0 e. The molecule has 0 nitrogen and oxygen atoms in total. The van der Waals surface area contributed by atoms with E-state index in [0.29, 0.717) is 0 Å². The molecule has 7 heteroatoms. The van der Waals surface area contributed by atoms with Crippen LogP contribution in [0.15, 0.2) is 0 Å². The molecule has 0 heterocycles. The summed E-state index contributed by atoms with van der Waals surface area (Å²) in [5.74, 6) is 0. The van der Waals surface area contributed by atoms with Gasteiger partial charge < -0.3 is 0 Å². The molecule has 0 aromatic rings. The largest absolute Gasteiger partial charge is 0 e. The van der Waals surface area contributed by atoms with Crippen LogP contribution in [0.1, 0.15) is 0 Å². The second-order valence-electron chi connectivity index (χ2n) is 0. The summed E-state index contributed by atoms with van der Waals surface area (Å²) in [7, 11) is 0. The summed E-state index contributed by atoms with van der Waals surface area (Å²) in [4.78, 5) is 0. The molecule has 0 spiro atoms. The molecule has 0 saturated heterocycles. The summed E-state index contributed by atoms with van der Waals surface area (Å²) >= 11 is 0. The molecule has 7 heavy (non-hydrogen) atoms. The van der Waals surface area contributed by atoms with Gasteiger partial charge in [-0.25, -0.2) is 0 Å². The molecular formula is H30Ge6U-6. The molecule has 0 radical (unpaired) electrons. The Balaban J connectivity index is 0. The van der Waals surface area contributed by atoms with Crippen LogP contribution in [-0.2, 0) is 0 Å². The van der Waals surface area contributed by atoms with Gasteiger partial charge in [0.2, 0.25) is 0 Å². The van der Waals surface area contributed by atoms with E-state index in [1.807, 2.05) is 0 Å². The van der Waals surface area contributed by atoms with Crippen LogP contribution in [-0.4, -0.2) is 106 Å². The average Bonchev–Trinajstić information content (AvgIpc) is 0. The first-order chi connectivity index (χ1) is 0. The van der Waals surface area contributed by atoms with Gasteiger partial charge in [-0.05, 0) is 0 Å². The molecule has 0 aliphatic rings. The second-order valence-corrected chi connectivity index (χ2v) is 0. The van der Waals surface area contributed by atoms with Crippen molar-refractivity contribution in [3.8, 4) is 0 Å². The summed E-state index contributed by atoms with van der Waals surface area (Å²) < 4.78 is 0. The third-order valence-corrected chi connectivity index (χ3v) is 0. The van der Waals surface area contributed by atoms with Crippen LogP contribution in [0.4, 0.5) is 0 Å². The molecule has 0 aliphatic heterocycles. The molecule has 0 aromatic carbocycles. The fourth-order valence-electron chi connectivity index (χ4n) is 0. The molecule has 0 fully saturated rings. The zero-order valence-electron chi connectivity index (χ0n) is 0.500. The van der Waals surface area contributed by atoms with Crippen LogP contribution in [0.2, 0.25) is 0 Å². The average molecular weight is 704 g/mol. The van der Waals surface area contributed by atoms with Gasteiger partial charge in [0.05, 0.1) is 0 Å². The standard InChI is InChI=1S/6GeH5.U/h6*1H5;/q6*-1;. The maximum absolute atomic E-state index is 0. The van der Waals surface area contributed by atoms with E-state index in [1.54, 1.807) is 0 Å². The van der Waals surface area contributed by atoms with Gasteiger partial charge in [-0.3, -0.25) is 0 Å². The Labute approximate surface area is 134 Å². The fourth-order valence-corrected chi connectivity index (χ4v) is 0. The van der Waals surface area contributed by atoms with Crippen LogP contribution < -0.4 is 0 Å². The Hall–Kier alpha value is 4.31. The summed E-state index contributed by atoms with van der Waals surface area (Å²) in [6.45, 7) is 0. The van der Waals surface area contributed by atoms with E-state index in [4.69, 9.17) is 0 Å². The van der Waals surface area contributed by atoms with Crippen molar-refractivity contribution < 1.29 is 31.1 Å². The summed E-state index contributed by atoms with van der Waals surface area (Å²) in [6, 6.07) is 0. The molecule has 0 aromatic heterocycles. The van der Waals surface area contributed by atoms with Crippen molar-refractivity contribution in [3.05, 3.63) is 0 Å². The van der Waals surface area contributed by atoms with Gasteiger partial charge in [-0.2, -0.15) is 0 Å². The number of hydrogen-bond donors (Lipinski definition) is 0. The van der Waals surface area contributed by atoms with Crippen LogP contribution in [0.25, 0.3) is 0 Å². The Morgan fingerprint density at radius 1 is 0.286 bits per heavy atom. The van der Waals surface area contributed by atoms with E-state index in [0.717, 1.165) is 0 Å². The number of rotatable bonds is 0. The van der Waals surface area contributed by atoms with Gasteiger partial charge in [-0.1, -0.05) is 0 Å². The normalized spacial score (nSPS) is 0. The van der Waals surface area contributed by atoms with E-state index >= 15 is 0 Å². The van der Waals surface area contributed by atoms with Crippen molar-refractivity contribution in [2.24, 2.45) is 0 Å². The molecule has 0 bridgehead atoms. The summed E-state index contributed by atoms with van der Waals surface area (Å²) in [6.07, 6.45) is 0. The van der Waals surface area contributed by atoms with Crippen molar-refractivity contribution in [1.82, 2.24) is 0 Å². The Morgan fingerprint density at radius 3 is 0.286 bits per heavy atom. The van der Waals surface area contributed by atoms with Crippen LogP contribution >= 0.6 is 0 Å². The monoisotopic (exact) mass is 712 g/mol. The molecule has 0 atom stereocenters. The van der Waals surface area contributed by atoms with E-state index in [-0.39, 0.29) is 137 Å². The topological polar surface area (TPSA) is 0 Å². The van der Waals surface area contributed by atoms with Crippen LogP contribution in [0, 0.1) is 31.1 Å². The first-order valence-corrected chi connectivity index (χ1v) is 0. The van der Waals surface area contributed by atoms with E-state index in [2.05, 4.69) is 0 Å². The molecule has 64 valence electrons. The van der Waals surface area contributed by atoms with Gasteiger partial charge in [0.15, 0.2) is 0 Å². The van der Waals surface area contributed by atoms with Gasteiger partial charge in [-0.15, -0.1) is 0 Å². The Morgan fingerprint density at radius 2 is 0.286 bits per heavy atom. The first-order valence-electron chi connectivity index (χ1n) is 0. The maximum atomic E-state index is 0. The van der Waals surface area contributed by atoms with Gasteiger partial charge in [0, 0.05) is 31.1 Å². The SMILES string of the molecule is [GeH5-].[GeH5-].[GeH5-].[GeH5-].[GeH5-].[GeH5-].[U]. The zero-order chi connectivity index (χ0) is 0. The second kappa shape index (κ2) is 48.1. The van der Waals surface area contributed by atoms with Crippen molar-refractivity contribution >= 4 is 106 Å². The van der Waals surface area contributed by atoms with Crippen molar-refractivity contribution in [1.29, 1.82) is 0 Å². The van der Waals surface area contributed by atoms with Crippen LogP contribution in [0.3, 0.4) is 0 Å². The maximum Gasteiger partial charge on any atom is 0 e. The molecule has 0 amide bonds. The van der Waals surface area contributed by atoms with Gasteiger partial charge >= 0.3 is 106 Å². The quantitative estimate of drug-likeness (QED) is 0.220. The third kappa shape index (κ3) is 38.3. The minimum Gasteiger partial charge on any atom is 0 e. The van der Waals surface area contributed by atoms with Crippen LogP contribution in [0.5, 0.6) is 0 Å². The summed E-state index contributed by atoms with van der Waals surface area (Å²) in [5, 5.41) is 0. The van der Waals surface area contributed by atoms with Gasteiger partial charge in [0.25, 0.3) is 0 Å². The first kappa shape index (κ1) is 64.7. The minimum atomic E-state index is 0. The van der Waals surface area contributed by atoms with Crippen molar-refractivity contribution in [3.63, 3.8) is 0 Å². The van der Waals surface area contributed by atoms with E-state index < -0.39 is 0 Å². The summed E-state index contributed by atoms with van der Waals surface area (Å²) in [5.41, 5.74) is 0. The van der Waals surface area contributed by atoms with Crippen molar-refractivity contribution in [2.45, 2.75) is 0 Å². The Bertz CT molecular complexity index is 4.14. The fraction of sp³-hybridized carbons (Fsp3) is 0. The minimum absolute atomic E-state index is 0. The van der Waals surface area contributed by atoms with E-state index in [1.165, 1.54) is 0 Å². The molecule has 0 rings (SSSR count). The molecule has 0 saturated carbocycles. The molecule has 0 N–H and O–H groups in total. The Kier molecular flexibility index (Phi) is 445. The molecule has 0 aliphatic carbocycles. The molecular weight excluding hydrogens is 674 g/mol.